The van der Waals surface area contributed by atoms with Crippen molar-refractivity contribution in [2.24, 2.45) is 5.92 Å². The van der Waals surface area contributed by atoms with E-state index in [9.17, 15) is 14.0 Å². The minimum Gasteiger partial charge on any atom is -0.348 e. The van der Waals surface area contributed by atoms with Gasteiger partial charge in [-0.1, -0.05) is 18.2 Å². The van der Waals surface area contributed by atoms with E-state index in [-0.39, 0.29) is 30.1 Å². The molecule has 4 rings (SSSR count). The fourth-order valence-corrected chi connectivity index (χ4v) is 3.85. The van der Waals surface area contributed by atoms with E-state index in [1.807, 2.05) is 4.90 Å². The number of rotatable bonds is 4. The van der Waals surface area contributed by atoms with Crippen LogP contribution in [0, 0.1) is 11.7 Å². The van der Waals surface area contributed by atoms with Crippen molar-refractivity contribution in [3.8, 4) is 0 Å². The zero-order valence-electron chi connectivity index (χ0n) is 14.9. The highest BCUT2D eigenvalue weighted by molar-refractivity contribution is 5.79. The normalized spacial score (nSPS) is 23.4. The van der Waals surface area contributed by atoms with E-state index in [4.69, 9.17) is 0 Å². The number of benzene rings is 1. The molecule has 3 aliphatic heterocycles. The molecule has 0 saturated carbocycles. The van der Waals surface area contributed by atoms with Gasteiger partial charge in [-0.25, -0.2) is 4.39 Å². The molecule has 3 aliphatic rings. The van der Waals surface area contributed by atoms with Gasteiger partial charge < -0.3 is 9.80 Å². The fraction of sp³-hybridized carbons (Fsp3) is 0.579. The van der Waals surface area contributed by atoms with Gasteiger partial charge in [-0.2, -0.15) is 0 Å². The highest BCUT2D eigenvalue weighted by atomic mass is 19.1. The summed E-state index contributed by atoms with van der Waals surface area (Å²) in [6, 6.07) is 6.58. The van der Waals surface area contributed by atoms with Crippen LogP contribution in [0.25, 0.3) is 0 Å². The van der Waals surface area contributed by atoms with Gasteiger partial charge in [-0.3, -0.25) is 14.5 Å². The summed E-state index contributed by atoms with van der Waals surface area (Å²) in [4.78, 5) is 30.5. The minimum atomic E-state index is -0.325. The zero-order chi connectivity index (χ0) is 18.0. The van der Waals surface area contributed by atoms with Gasteiger partial charge in [-0.05, 0) is 30.4 Å². The molecule has 136 valence electrons. The maximum atomic E-state index is 13.8. The molecule has 3 fully saturated rings. The summed E-state index contributed by atoms with van der Waals surface area (Å²) < 4.78 is 13.8. The Hall–Kier alpha value is -1.95. The predicted octanol–water partition coefficient (Wildman–Crippen LogP) is 1.38. The van der Waals surface area contributed by atoms with Gasteiger partial charge in [0, 0.05) is 39.8 Å². The van der Waals surface area contributed by atoms with Crippen molar-refractivity contribution in [1.82, 2.24) is 14.7 Å². The lowest BCUT2D eigenvalue weighted by atomic mass is 9.94. The van der Waals surface area contributed by atoms with Crippen molar-refractivity contribution in [1.29, 1.82) is 0 Å². The summed E-state index contributed by atoms with van der Waals surface area (Å²) in [7, 11) is 3.53. The van der Waals surface area contributed by atoms with Crippen molar-refractivity contribution >= 4 is 11.8 Å². The molecule has 1 aromatic carbocycles. The lowest BCUT2D eigenvalue weighted by Gasteiger charge is -2.36. The van der Waals surface area contributed by atoms with E-state index in [1.54, 1.807) is 37.2 Å². The number of likely N-dealkylation sites (N-methyl/N-ethyl adjacent to an activating group) is 1. The minimum absolute atomic E-state index is 0.0133. The molecule has 0 aromatic heterocycles. The van der Waals surface area contributed by atoms with E-state index >= 15 is 0 Å². The van der Waals surface area contributed by atoms with E-state index in [0.29, 0.717) is 24.6 Å². The molecule has 6 heteroatoms. The van der Waals surface area contributed by atoms with Gasteiger partial charge in [0.05, 0.1) is 13.0 Å². The standard InChI is InChI=1S/C19H26FN3O2/c1-21(2)19(25)13-22-10-14-7-8-16(12-22)23(11-14)18(24)9-15-5-3-4-6-17(15)20/h3-6,14,16H,7-13H2,1-2H3/t14-,16+/m0/s1. The van der Waals surface area contributed by atoms with Crippen LogP contribution in [0.1, 0.15) is 18.4 Å². The Balaban J connectivity index is 1.67. The number of amides is 2. The average Bonchev–Trinajstić information content (AvgIpc) is 2.87. The zero-order valence-corrected chi connectivity index (χ0v) is 14.9. The first-order chi connectivity index (χ1) is 11.9. The van der Waals surface area contributed by atoms with Crippen LogP contribution in [-0.2, 0) is 16.0 Å². The van der Waals surface area contributed by atoms with Crippen molar-refractivity contribution in [2.45, 2.75) is 25.3 Å². The molecular weight excluding hydrogens is 321 g/mol. The van der Waals surface area contributed by atoms with Gasteiger partial charge >= 0.3 is 0 Å². The van der Waals surface area contributed by atoms with Gasteiger partial charge in [0.15, 0.2) is 0 Å². The largest absolute Gasteiger partial charge is 0.348 e. The molecule has 3 heterocycles. The van der Waals surface area contributed by atoms with Crippen molar-refractivity contribution in [3.05, 3.63) is 35.6 Å². The molecule has 3 saturated heterocycles. The Morgan fingerprint density at radius 3 is 2.64 bits per heavy atom. The molecular formula is C19H26FN3O2. The molecule has 25 heavy (non-hydrogen) atoms. The van der Waals surface area contributed by atoms with Crippen molar-refractivity contribution in [3.63, 3.8) is 0 Å². The van der Waals surface area contributed by atoms with Crippen LogP contribution in [0.2, 0.25) is 0 Å². The second-order valence-electron chi connectivity index (χ2n) is 7.39. The Morgan fingerprint density at radius 1 is 1.16 bits per heavy atom. The van der Waals surface area contributed by atoms with Crippen LogP contribution in [0.15, 0.2) is 24.3 Å². The van der Waals surface area contributed by atoms with Crippen LogP contribution >= 0.6 is 0 Å². The summed E-state index contributed by atoms with van der Waals surface area (Å²) in [5.74, 6) is 0.137. The van der Waals surface area contributed by atoms with E-state index in [1.165, 1.54) is 6.07 Å². The van der Waals surface area contributed by atoms with E-state index < -0.39 is 0 Å². The van der Waals surface area contributed by atoms with Gasteiger partial charge in [0.2, 0.25) is 11.8 Å². The number of carbonyl (C=O) groups excluding carboxylic acids is 2. The first kappa shape index (κ1) is 17.9. The molecule has 0 aliphatic carbocycles. The first-order valence-corrected chi connectivity index (χ1v) is 8.89. The second kappa shape index (κ2) is 7.52. The van der Waals surface area contributed by atoms with Gasteiger partial charge in [-0.15, -0.1) is 0 Å². The monoisotopic (exact) mass is 347 g/mol. The van der Waals surface area contributed by atoms with E-state index in [0.717, 1.165) is 25.9 Å². The molecule has 0 spiro atoms. The van der Waals surface area contributed by atoms with Crippen LogP contribution < -0.4 is 0 Å². The highest BCUT2D eigenvalue weighted by Crippen LogP contribution is 2.28. The number of hydrogen-bond acceptors (Lipinski definition) is 3. The number of carbonyl (C=O) groups is 2. The first-order valence-electron chi connectivity index (χ1n) is 8.89. The lowest BCUT2D eigenvalue weighted by Crippen LogP contribution is -2.48. The third-order valence-corrected chi connectivity index (χ3v) is 5.27. The second-order valence-corrected chi connectivity index (χ2v) is 7.39. The number of nitrogens with zero attached hydrogens (tertiary/aromatic N) is 3. The van der Waals surface area contributed by atoms with Crippen LogP contribution in [0.5, 0.6) is 0 Å². The average molecular weight is 347 g/mol. The maximum absolute atomic E-state index is 13.8. The summed E-state index contributed by atoms with van der Waals surface area (Å²) in [5.41, 5.74) is 0.451. The Morgan fingerprint density at radius 2 is 1.92 bits per heavy atom. The molecule has 0 radical (unpaired) electrons. The fourth-order valence-electron chi connectivity index (χ4n) is 3.85. The summed E-state index contributed by atoms with van der Waals surface area (Å²) in [6.45, 7) is 2.68. The Kier molecular flexibility index (Phi) is 5.37. The van der Waals surface area contributed by atoms with Gasteiger partial charge in [0.1, 0.15) is 5.82 Å². The number of fused-ring (bicyclic) bond motifs is 4. The van der Waals surface area contributed by atoms with E-state index in [2.05, 4.69) is 4.90 Å². The van der Waals surface area contributed by atoms with Crippen LogP contribution in [0.3, 0.4) is 0 Å². The van der Waals surface area contributed by atoms with Crippen molar-refractivity contribution < 1.29 is 14.0 Å². The summed E-state index contributed by atoms with van der Waals surface area (Å²) >= 11 is 0. The molecule has 0 N–H and O–H groups in total. The predicted molar refractivity (Wildman–Crippen MR) is 93.5 cm³/mol. The highest BCUT2D eigenvalue weighted by Gasteiger charge is 2.37. The smallest absolute Gasteiger partial charge is 0.236 e. The molecule has 5 nitrogen and oxygen atoms in total. The lowest BCUT2D eigenvalue weighted by molar-refractivity contribution is -0.134. The quantitative estimate of drug-likeness (QED) is 0.827. The molecule has 1 aromatic rings. The third-order valence-electron chi connectivity index (χ3n) is 5.27. The Labute approximate surface area is 148 Å². The number of hydrogen-bond donors (Lipinski definition) is 0. The maximum Gasteiger partial charge on any atom is 0.236 e. The van der Waals surface area contributed by atoms with Crippen molar-refractivity contribution in [2.75, 3.05) is 40.3 Å². The topological polar surface area (TPSA) is 43.9 Å². The SMILES string of the molecule is CN(C)C(=O)CN1C[C@@H]2CC[C@H](C1)N(C(=O)Cc1ccccc1F)C2. The summed E-state index contributed by atoms with van der Waals surface area (Å²) in [6.07, 6.45) is 2.15. The molecule has 2 atom stereocenters. The molecule has 0 unspecified atom stereocenters. The summed E-state index contributed by atoms with van der Waals surface area (Å²) in [5, 5.41) is 0. The third kappa shape index (κ3) is 4.18. The molecule has 2 bridgehead atoms. The van der Waals surface area contributed by atoms with Crippen LogP contribution in [-0.4, -0.2) is 72.8 Å². The Bertz CT molecular complexity index is 649. The molecule has 2 amide bonds. The number of piperidine rings is 1. The van der Waals surface area contributed by atoms with Crippen LogP contribution in [0.4, 0.5) is 4.39 Å². The number of halogens is 1. The van der Waals surface area contributed by atoms with Gasteiger partial charge in [0.25, 0.3) is 0 Å².